The van der Waals surface area contributed by atoms with Gasteiger partial charge in [-0.2, -0.15) is 0 Å². The van der Waals surface area contributed by atoms with Gasteiger partial charge in [-0.3, -0.25) is 4.79 Å². The molecule has 0 atom stereocenters. The Hall–Kier alpha value is -3.52. The molecule has 0 saturated heterocycles. The van der Waals surface area contributed by atoms with Crippen LogP contribution in [0.25, 0.3) is 17.1 Å². The molecule has 2 heterocycles. The summed E-state index contributed by atoms with van der Waals surface area (Å²) in [6.07, 6.45) is 2.39. The summed E-state index contributed by atoms with van der Waals surface area (Å²) in [5.41, 5.74) is 2.88. The summed E-state index contributed by atoms with van der Waals surface area (Å²) in [5.74, 6) is 0.384. The highest BCUT2D eigenvalue weighted by molar-refractivity contribution is 6.33. The predicted molar refractivity (Wildman–Crippen MR) is 116 cm³/mol. The van der Waals surface area contributed by atoms with Gasteiger partial charge in [-0.1, -0.05) is 53.6 Å². The minimum Gasteiger partial charge on any atom is -0.419 e. The SMILES string of the molecule is CCCN(Cc1nnc(-c2ccccc2Cl)o1)C(=O)c1cn(-c2ccc(C)cc2)nn1. The van der Waals surface area contributed by atoms with Gasteiger partial charge < -0.3 is 9.32 Å². The number of benzene rings is 2. The average molecular weight is 437 g/mol. The Morgan fingerprint density at radius 2 is 1.87 bits per heavy atom. The zero-order chi connectivity index (χ0) is 21.8. The Balaban J connectivity index is 1.52. The molecule has 158 valence electrons. The van der Waals surface area contributed by atoms with E-state index >= 15 is 0 Å². The summed E-state index contributed by atoms with van der Waals surface area (Å²) < 4.78 is 7.34. The third-order valence-electron chi connectivity index (χ3n) is 4.69. The van der Waals surface area contributed by atoms with E-state index in [1.807, 2.05) is 50.2 Å². The maximum absolute atomic E-state index is 13.1. The van der Waals surface area contributed by atoms with E-state index in [0.29, 0.717) is 28.9 Å². The van der Waals surface area contributed by atoms with Crippen molar-refractivity contribution in [1.29, 1.82) is 0 Å². The molecule has 31 heavy (non-hydrogen) atoms. The van der Waals surface area contributed by atoms with E-state index in [1.54, 1.807) is 27.9 Å². The topological polar surface area (TPSA) is 89.9 Å². The Kier molecular flexibility index (Phi) is 6.08. The zero-order valence-corrected chi connectivity index (χ0v) is 18.0. The summed E-state index contributed by atoms with van der Waals surface area (Å²) in [4.78, 5) is 14.7. The maximum Gasteiger partial charge on any atom is 0.276 e. The van der Waals surface area contributed by atoms with Gasteiger partial charge in [0.15, 0.2) is 5.69 Å². The number of carbonyl (C=O) groups is 1. The molecule has 0 fully saturated rings. The van der Waals surface area contributed by atoms with Crippen LogP contribution in [0.15, 0.2) is 59.1 Å². The van der Waals surface area contributed by atoms with E-state index < -0.39 is 0 Å². The minimum absolute atomic E-state index is 0.168. The van der Waals surface area contributed by atoms with Crippen molar-refractivity contribution in [3.05, 3.63) is 76.9 Å². The number of rotatable bonds is 7. The van der Waals surface area contributed by atoms with E-state index in [9.17, 15) is 4.79 Å². The highest BCUT2D eigenvalue weighted by atomic mass is 35.5. The Labute approximate surface area is 184 Å². The Morgan fingerprint density at radius 1 is 1.10 bits per heavy atom. The van der Waals surface area contributed by atoms with Crippen LogP contribution in [0, 0.1) is 6.92 Å². The smallest absolute Gasteiger partial charge is 0.276 e. The number of aromatic nitrogens is 5. The number of aryl methyl sites for hydroxylation is 1. The number of hydrogen-bond acceptors (Lipinski definition) is 6. The second kappa shape index (κ2) is 9.09. The van der Waals surface area contributed by atoms with Crippen molar-refractivity contribution in [1.82, 2.24) is 30.1 Å². The molecule has 2 aromatic carbocycles. The summed E-state index contributed by atoms with van der Waals surface area (Å²) in [6, 6.07) is 15.0. The van der Waals surface area contributed by atoms with Crippen LogP contribution in [0.2, 0.25) is 5.02 Å². The summed E-state index contributed by atoms with van der Waals surface area (Å²) in [5, 5.41) is 16.8. The van der Waals surface area contributed by atoms with E-state index in [-0.39, 0.29) is 18.1 Å². The molecule has 0 aliphatic heterocycles. The molecule has 0 unspecified atom stereocenters. The lowest BCUT2D eigenvalue weighted by Crippen LogP contribution is -2.31. The highest BCUT2D eigenvalue weighted by Gasteiger charge is 2.22. The number of nitrogens with zero attached hydrogens (tertiary/aromatic N) is 6. The van der Waals surface area contributed by atoms with Gasteiger partial charge in [-0.05, 0) is 37.6 Å². The molecule has 0 spiro atoms. The maximum atomic E-state index is 13.1. The second-order valence-corrected chi connectivity index (χ2v) is 7.50. The quantitative estimate of drug-likeness (QED) is 0.428. The van der Waals surface area contributed by atoms with Gasteiger partial charge in [0.25, 0.3) is 5.91 Å². The van der Waals surface area contributed by atoms with Crippen molar-refractivity contribution in [2.75, 3.05) is 6.54 Å². The monoisotopic (exact) mass is 436 g/mol. The van der Waals surface area contributed by atoms with Crippen LogP contribution >= 0.6 is 11.6 Å². The fraction of sp³-hybridized carbons (Fsp3) is 0.227. The molecular weight excluding hydrogens is 416 g/mol. The molecule has 0 saturated carbocycles. The number of amides is 1. The number of carbonyl (C=O) groups excluding carboxylic acids is 1. The lowest BCUT2D eigenvalue weighted by molar-refractivity contribution is 0.0722. The predicted octanol–water partition coefficient (Wildman–Crippen LogP) is 4.33. The van der Waals surface area contributed by atoms with Gasteiger partial charge in [-0.15, -0.1) is 15.3 Å². The Bertz CT molecular complexity index is 1180. The van der Waals surface area contributed by atoms with Crippen LogP contribution in [0.5, 0.6) is 0 Å². The van der Waals surface area contributed by atoms with Crippen LogP contribution in [-0.4, -0.2) is 42.5 Å². The molecule has 0 bridgehead atoms. The van der Waals surface area contributed by atoms with Crippen LogP contribution in [0.3, 0.4) is 0 Å². The average Bonchev–Trinajstić information content (AvgIpc) is 3.44. The molecule has 4 aromatic rings. The summed E-state index contributed by atoms with van der Waals surface area (Å²) in [6.45, 7) is 4.69. The van der Waals surface area contributed by atoms with Gasteiger partial charge in [0.1, 0.15) is 0 Å². The minimum atomic E-state index is -0.252. The van der Waals surface area contributed by atoms with Crippen molar-refractivity contribution >= 4 is 17.5 Å². The van der Waals surface area contributed by atoms with Crippen molar-refractivity contribution in [3.8, 4) is 17.1 Å². The van der Waals surface area contributed by atoms with Gasteiger partial charge in [0.2, 0.25) is 11.8 Å². The van der Waals surface area contributed by atoms with E-state index in [2.05, 4.69) is 20.5 Å². The molecule has 1 amide bonds. The first-order chi connectivity index (χ1) is 15.0. The van der Waals surface area contributed by atoms with E-state index in [0.717, 1.165) is 17.7 Å². The van der Waals surface area contributed by atoms with Gasteiger partial charge in [0.05, 0.1) is 29.0 Å². The number of halogens is 1. The standard InChI is InChI=1S/C22H21ClN6O2/c1-3-12-28(14-20-25-26-21(31-20)17-6-4-5-7-18(17)23)22(30)19-13-29(27-24-19)16-10-8-15(2)9-11-16/h4-11,13H,3,12,14H2,1-2H3. The van der Waals surface area contributed by atoms with E-state index in [4.69, 9.17) is 16.0 Å². The molecular formula is C22H21ClN6O2. The first kappa shape index (κ1) is 20.7. The molecule has 0 aliphatic carbocycles. The normalized spacial score (nSPS) is 10.9. The molecule has 9 heteroatoms. The van der Waals surface area contributed by atoms with Gasteiger partial charge in [0, 0.05) is 6.54 Å². The summed E-state index contributed by atoms with van der Waals surface area (Å²) in [7, 11) is 0. The number of hydrogen-bond donors (Lipinski definition) is 0. The molecule has 0 aliphatic rings. The van der Waals surface area contributed by atoms with Crippen LogP contribution in [-0.2, 0) is 6.54 Å². The third kappa shape index (κ3) is 4.64. The molecule has 4 rings (SSSR count). The first-order valence-corrected chi connectivity index (χ1v) is 10.3. The zero-order valence-electron chi connectivity index (χ0n) is 17.2. The van der Waals surface area contributed by atoms with Crippen molar-refractivity contribution in [2.24, 2.45) is 0 Å². The van der Waals surface area contributed by atoms with Gasteiger partial charge >= 0.3 is 0 Å². The lowest BCUT2D eigenvalue weighted by Gasteiger charge is -2.18. The Morgan fingerprint density at radius 3 is 2.61 bits per heavy atom. The van der Waals surface area contributed by atoms with Crippen LogP contribution in [0.4, 0.5) is 0 Å². The van der Waals surface area contributed by atoms with Crippen molar-refractivity contribution in [3.63, 3.8) is 0 Å². The van der Waals surface area contributed by atoms with Gasteiger partial charge in [-0.25, -0.2) is 4.68 Å². The molecule has 0 radical (unpaired) electrons. The highest BCUT2D eigenvalue weighted by Crippen LogP contribution is 2.26. The molecule has 0 N–H and O–H groups in total. The molecule has 8 nitrogen and oxygen atoms in total. The van der Waals surface area contributed by atoms with Crippen LogP contribution < -0.4 is 0 Å². The fourth-order valence-corrected chi connectivity index (χ4v) is 3.31. The second-order valence-electron chi connectivity index (χ2n) is 7.09. The van der Waals surface area contributed by atoms with Crippen molar-refractivity contribution in [2.45, 2.75) is 26.8 Å². The van der Waals surface area contributed by atoms with Crippen LogP contribution in [0.1, 0.15) is 35.3 Å². The van der Waals surface area contributed by atoms with Crippen molar-refractivity contribution < 1.29 is 9.21 Å². The fourth-order valence-electron chi connectivity index (χ4n) is 3.09. The lowest BCUT2D eigenvalue weighted by atomic mass is 10.2. The summed E-state index contributed by atoms with van der Waals surface area (Å²) >= 11 is 6.21. The third-order valence-corrected chi connectivity index (χ3v) is 5.02. The first-order valence-electron chi connectivity index (χ1n) is 9.91. The molecule has 2 aromatic heterocycles. The van der Waals surface area contributed by atoms with E-state index in [1.165, 1.54) is 0 Å². The largest absolute Gasteiger partial charge is 0.419 e.